The minimum atomic E-state index is 0.112. The van der Waals surface area contributed by atoms with Crippen LogP contribution in [-0.2, 0) is 0 Å². The normalized spacial score (nSPS) is 20.1. The molecule has 0 saturated carbocycles. The van der Waals surface area contributed by atoms with Gasteiger partial charge in [-0.2, -0.15) is 0 Å². The van der Waals surface area contributed by atoms with Crippen LogP contribution in [-0.4, -0.2) is 23.9 Å². The van der Waals surface area contributed by atoms with E-state index in [0.717, 1.165) is 24.7 Å². The highest BCUT2D eigenvalue weighted by Gasteiger charge is 2.19. The van der Waals surface area contributed by atoms with E-state index in [0.29, 0.717) is 12.1 Å². The maximum Gasteiger partial charge on any atom is 0.180 e. The quantitative estimate of drug-likeness (QED) is 0.731. The summed E-state index contributed by atoms with van der Waals surface area (Å²) < 4.78 is 0. The van der Waals surface area contributed by atoms with Crippen LogP contribution in [0.1, 0.15) is 37.2 Å². The molecule has 1 aliphatic heterocycles. The van der Waals surface area contributed by atoms with Crippen LogP contribution in [0.15, 0.2) is 18.3 Å². The van der Waals surface area contributed by atoms with Gasteiger partial charge in [0.1, 0.15) is 5.69 Å². The lowest BCUT2D eigenvalue weighted by Gasteiger charge is -2.17. The number of Topliss-reactive ketones (excluding diaryl/α,β-unsaturated/α-hetero) is 1. The molecule has 1 fully saturated rings. The van der Waals surface area contributed by atoms with Gasteiger partial charge in [0.15, 0.2) is 5.78 Å². The van der Waals surface area contributed by atoms with E-state index in [9.17, 15) is 4.79 Å². The summed E-state index contributed by atoms with van der Waals surface area (Å²) >= 11 is 0. The monoisotopic (exact) mass is 218 g/mol. The zero-order chi connectivity index (χ0) is 11.5. The van der Waals surface area contributed by atoms with Crippen LogP contribution in [0.25, 0.3) is 0 Å². The molecule has 1 aliphatic rings. The van der Waals surface area contributed by atoms with Crippen LogP contribution in [0.3, 0.4) is 0 Å². The molecule has 3 nitrogen and oxygen atoms in total. The van der Waals surface area contributed by atoms with Gasteiger partial charge in [-0.25, -0.2) is 0 Å². The Morgan fingerprint density at radius 3 is 2.88 bits per heavy atom. The van der Waals surface area contributed by atoms with Crippen molar-refractivity contribution >= 4 is 11.5 Å². The van der Waals surface area contributed by atoms with E-state index in [4.69, 9.17) is 0 Å². The number of pyridine rings is 1. The van der Waals surface area contributed by atoms with Crippen LogP contribution >= 0.6 is 0 Å². The Morgan fingerprint density at radius 2 is 2.38 bits per heavy atom. The Morgan fingerprint density at radius 1 is 1.56 bits per heavy atom. The van der Waals surface area contributed by atoms with Gasteiger partial charge in [-0.05, 0) is 24.5 Å². The minimum absolute atomic E-state index is 0.112. The fraction of sp³-hybridized carbons (Fsp3) is 0.538. The lowest BCUT2D eigenvalue weighted by atomic mass is 10.2. The largest absolute Gasteiger partial charge is 0.370 e. The molecule has 0 aliphatic carbocycles. The number of carbonyl (C=O) groups is 1. The standard InChI is InChI=1S/C13H18N2O/c1-3-13(16)12-5-4-11(8-14-12)15-7-6-10(2)9-15/h4-5,8,10H,3,6-7,9H2,1-2H3. The van der Waals surface area contributed by atoms with Gasteiger partial charge in [0.05, 0.1) is 11.9 Å². The second-order valence-corrected chi connectivity index (χ2v) is 4.52. The number of hydrogen-bond donors (Lipinski definition) is 0. The third-order valence-electron chi connectivity index (χ3n) is 3.14. The summed E-state index contributed by atoms with van der Waals surface area (Å²) in [5.41, 5.74) is 1.72. The van der Waals surface area contributed by atoms with Gasteiger partial charge in [0.25, 0.3) is 0 Å². The van der Waals surface area contributed by atoms with Crippen LogP contribution < -0.4 is 4.90 Å². The Balaban J connectivity index is 2.10. The molecule has 16 heavy (non-hydrogen) atoms. The SMILES string of the molecule is CCC(=O)c1ccc(N2CCC(C)C2)cn1. The molecule has 0 amide bonds. The smallest absolute Gasteiger partial charge is 0.180 e. The number of aromatic nitrogens is 1. The number of ketones is 1. The molecule has 0 bridgehead atoms. The highest BCUT2D eigenvalue weighted by atomic mass is 16.1. The summed E-state index contributed by atoms with van der Waals surface area (Å²) in [6.45, 7) is 6.33. The highest BCUT2D eigenvalue weighted by Crippen LogP contribution is 2.22. The lowest BCUT2D eigenvalue weighted by Crippen LogP contribution is -2.19. The first-order chi connectivity index (χ1) is 7.70. The van der Waals surface area contributed by atoms with Gasteiger partial charge in [-0.15, -0.1) is 0 Å². The Labute approximate surface area is 96.5 Å². The van der Waals surface area contributed by atoms with E-state index < -0.39 is 0 Å². The van der Waals surface area contributed by atoms with Crippen molar-refractivity contribution in [1.29, 1.82) is 0 Å². The van der Waals surface area contributed by atoms with Gasteiger partial charge in [0, 0.05) is 19.5 Å². The molecule has 0 aromatic carbocycles. The summed E-state index contributed by atoms with van der Waals surface area (Å²) in [7, 11) is 0. The Bertz CT molecular complexity index is 372. The molecule has 2 rings (SSSR count). The maximum atomic E-state index is 11.4. The van der Waals surface area contributed by atoms with Crippen molar-refractivity contribution in [2.45, 2.75) is 26.7 Å². The third-order valence-corrected chi connectivity index (χ3v) is 3.14. The van der Waals surface area contributed by atoms with E-state index in [1.54, 1.807) is 0 Å². The van der Waals surface area contributed by atoms with Crippen molar-refractivity contribution in [1.82, 2.24) is 4.98 Å². The fourth-order valence-corrected chi connectivity index (χ4v) is 2.09. The molecular formula is C13H18N2O. The molecule has 3 heteroatoms. The first-order valence-corrected chi connectivity index (χ1v) is 5.95. The van der Waals surface area contributed by atoms with Crippen molar-refractivity contribution in [2.24, 2.45) is 5.92 Å². The van der Waals surface area contributed by atoms with E-state index >= 15 is 0 Å². The van der Waals surface area contributed by atoms with E-state index in [2.05, 4.69) is 16.8 Å². The molecular weight excluding hydrogens is 200 g/mol. The van der Waals surface area contributed by atoms with E-state index in [1.807, 2.05) is 25.3 Å². The van der Waals surface area contributed by atoms with Gasteiger partial charge in [-0.1, -0.05) is 13.8 Å². The second kappa shape index (κ2) is 4.64. The first kappa shape index (κ1) is 11.1. The summed E-state index contributed by atoms with van der Waals surface area (Å²) in [5, 5.41) is 0. The summed E-state index contributed by atoms with van der Waals surface area (Å²) in [6.07, 6.45) is 3.59. The van der Waals surface area contributed by atoms with Gasteiger partial charge >= 0.3 is 0 Å². The predicted octanol–water partition coefficient (Wildman–Crippen LogP) is 2.52. The second-order valence-electron chi connectivity index (χ2n) is 4.52. The number of rotatable bonds is 3. The van der Waals surface area contributed by atoms with E-state index in [-0.39, 0.29) is 5.78 Å². The molecule has 0 radical (unpaired) electrons. The van der Waals surface area contributed by atoms with Crippen molar-refractivity contribution in [3.63, 3.8) is 0 Å². The van der Waals surface area contributed by atoms with Gasteiger partial charge in [0.2, 0.25) is 0 Å². The topological polar surface area (TPSA) is 33.2 Å². The predicted molar refractivity (Wildman–Crippen MR) is 64.9 cm³/mol. The van der Waals surface area contributed by atoms with Gasteiger partial charge in [-0.3, -0.25) is 9.78 Å². The van der Waals surface area contributed by atoms with Crippen molar-refractivity contribution in [3.05, 3.63) is 24.0 Å². The molecule has 2 heterocycles. The number of anilines is 1. The van der Waals surface area contributed by atoms with Crippen molar-refractivity contribution in [3.8, 4) is 0 Å². The third kappa shape index (κ3) is 2.23. The van der Waals surface area contributed by atoms with Crippen molar-refractivity contribution in [2.75, 3.05) is 18.0 Å². The highest BCUT2D eigenvalue weighted by molar-refractivity contribution is 5.94. The zero-order valence-electron chi connectivity index (χ0n) is 9.94. The summed E-state index contributed by atoms with van der Waals surface area (Å²) in [6, 6.07) is 3.85. The fourth-order valence-electron chi connectivity index (χ4n) is 2.09. The van der Waals surface area contributed by atoms with Crippen molar-refractivity contribution < 1.29 is 4.79 Å². The first-order valence-electron chi connectivity index (χ1n) is 5.95. The van der Waals surface area contributed by atoms with Crippen LogP contribution in [0.5, 0.6) is 0 Å². The van der Waals surface area contributed by atoms with Crippen LogP contribution in [0.2, 0.25) is 0 Å². The zero-order valence-corrected chi connectivity index (χ0v) is 9.94. The average molecular weight is 218 g/mol. The molecule has 86 valence electrons. The molecule has 0 spiro atoms. The number of nitrogens with zero attached hydrogens (tertiary/aromatic N) is 2. The number of carbonyl (C=O) groups excluding carboxylic acids is 1. The molecule has 1 unspecified atom stereocenters. The number of hydrogen-bond acceptors (Lipinski definition) is 3. The Hall–Kier alpha value is -1.38. The molecule has 1 atom stereocenters. The molecule has 1 aromatic rings. The van der Waals surface area contributed by atoms with Crippen LogP contribution in [0, 0.1) is 5.92 Å². The molecule has 1 saturated heterocycles. The summed E-state index contributed by atoms with van der Waals surface area (Å²) in [4.78, 5) is 18.0. The lowest BCUT2D eigenvalue weighted by molar-refractivity contribution is 0.0983. The van der Waals surface area contributed by atoms with Crippen LogP contribution in [0.4, 0.5) is 5.69 Å². The minimum Gasteiger partial charge on any atom is -0.370 e. The average Bonchev–Trinajstić information content (AvgIpc) is 2.75. The molecule has 1 aromatic heterocycles. The van der Waals surface area contributed by atoms with Gasteiger partial charge < -0.3 is 4.90 Å². The molecule has 0 N–H and O–H groups in total. The summed E-state index contributed by atoms with van der Waals surface area (Å²) in [5.74, 6) is 0.873. The Kier molecular flexibility index (Phi) is 3.22. The maximum absolute atomic E-state index is 11.4. The van der Waals surface area contributed by atoms with E-state index in [1.165, 1.54) is 6.42 Å².